The standard InChI is InChI=1S/C20H23ClN4OS/c1-20(2,3)11-4-9-14-15(10-11)27-17-16(14)18(26)25(19(23-17)24-22)13-7-5-12(21)6-8-13/h5-8,11H,4,9-10,22H2,1-3H3,(H,23,24). The average Bonchev–Trinajstić information content (AvgIpc) is 2.99. The van der Waals surface area contributed by atoms with Crippen LogP contribution in [0.1, 0.15) is 37.6 Å². The van der Waals surface area contributed by atoms with Crippen molar-refractivity contribution in [2.75, 3.05) is 5.43 Å². The number of hydrazine groups is 1. The zero-order valence-corrected chi connectivity index (χ0v) is 17.2. The van der Waals surface area contributed by atoms with Gasteiger partial charge in [-0.25, -0.2) is 15.4 Å². The molecule has 0 saturated heterocycles. The highest BCUT2D eigenvalue weighted by atomic mass is 35.5. The fourth-order valence-electron chi connectivity index (χ4n) is 3.89. The number of nitrogen functional groups attached to an aromatic ring is 1. The quantitative estimate of drug-likeness (QED) is 0.487. The monoisotopic (exact) mass is 402 g/mol. The van der Waals surface area contributed by atoms with Gasteiger partial charge in [0.15, 0.2) is 0 Å². The Hall–Kier alpha value is -1.89. The second-order valence-corrected chi connectivity index (χ2v) is 9.71. The number of aromatic nitrogens is 2. The first-order valence-corrected chi connectivity index (χ1v) is 10.3. The first kappa shape index (κ1) is 18.5. The Morgan fingerprint density at radius 3 is 2.63 bits per heavy atom. The second-order valence-electron chi connectivity index (χ2n) is 8.19. The molecule has 1 aliphatic carbocycles. The van der Waals surface area contributed by atoms with Crippen LogP contribution in [0.4, 0.5) is 5.95 Å². The largest absolute Gasteiger partial charge is 0.293 e. The van der Waals surface area contributed by atoms with Gasteiger partial charge < -0.3 is 0 Å². The van der Waals surface area contributed by atoms with E-state index in [0.717, 1.165) is 29.5 Å². The van der Waals surface area contributed by atoms with Crippen LogP contribution in [0.5, 0.6) is 0 Å². The minimum atomic E-state index is -0.0815. The van der Waals surface area contributed by atoms with Crippen molar-refractivity contribution in [3.8, 4) is 5.69 Å². The van der Waals surface area contributed by atoms with Gasteiger partial charge in [0.05, 0.1) is 11.1 Å². The number of hydrogen-bond acceptors (Lipinski definition) is 5. The molecule has 1 atom stereocenters. The summed E-state index contributed by atoms with van der Waals surface area (Å²) in [5.41, 5.74) is 4.61. The number of benzene rings is 1. The van der Waals surface area contributed by atoms with E-state index in [9.17, 15) is 4.79 Å². The summed E-state index contributed by atoms with van der Waals surface area (Å²) in [6.45, 7) is 6.87. The SMILES string of the molecule is CC(C)(C)C1CCc2c(sc3nc(NN)n(-c4ccc(Cl)cc4)c(=O)c23)C1. The normalized spacial score (nSPS) is 17.1. The van der Waals surface area contributed by atoms with Gasteiger partial charge in [0.1, 0.15) is 4.83 Å². The van der Waals surface area contributed by atoms with Crippen LogP contribution in [0, 0.1) is 11.3 Å². The van der Waals surface area contributed by atoms with Gasteiger partial charge in [-0.3, -0.25) is 10.2 Å². The van der Waals surface area contributed by atoms with E-state index < -0.39 is 0 Å². The minimum Gasteiger partial charge on any atom is -0.293 e. The summed E-state index contributed by atoms with van der Waals surface area (Å²) in [6.07, 6.45) is 3.02. The van der Waals surface area contributed by atoms with Gasteiger partial charge in [-0.2, -0.15) is 0 Å². The summed E-state index contributed by atoms with van der Waals surface area (Å²) >= 11 is 7.62. The van der Waals surface area contributed by atoms with E-state index in [1.165, 1.54) is 15.0 Å². The van der Waals surface area contributed by atoms with E-state index in [0.29, 0.717) is 22.6 Å². The van der Waals surface area contributed by atoms with Gasteiger partial charge in [0.2, 0.25) is 5.95 Å². The second kappa shape index (κ2) is 6.62. The van der Waals surface area contributed by atoms with Gasteiger partial charge in [-0.1, -0.05) is 32.4 Å². The molecule has 142 valence electrons. The lowest BCUT2D eigenvalue weighted by Gasteiger charge is -2.33. The van der Waals surface area contributed by atoms with E-state index in [-0.39, 0.29) is 11.0 Å². The highest BCUT2D eigenvalue weighted by molar-refractivity contribution is 7.18. The Labute approximate surface area is 167 Å². The van der Waals surface area contributed by atoms with Gasteiger partial charge in [0, 0.05) is 9.90 Å². The Morgan fingerprint density at radius 2 is 2.00 bits per heavy atom. The lowest BCUT2D eigenvalue weighted by molar-refractivity contribution is 0.218. The predicted octanol–water partition coefficient (Wildman–Crippen LogP) is 4.54. The first-order chi connectivity index (χ1) is 12.8. The van der Waals surface area contributed by atoms with Crippen LogP contribution in [0.25, 0.3) is 15.9 Å². The number of anilines is 1. The maximum atomic E-state index is 13.4. The summed E-state index contributed by atoms with van der Waals surface area (Å²) in [6, 6.07) is 7.11. The van der Waals surface area contributed by atoms with E-state index >= 15 is 0 Å². The summed E-state index contributed by atoms with van der Waals surface area (Å²) in [5.74, 6) is 6.63. The lowest BCUT2D eigenvalue weighted by Crippen LogP contribution is -2.28. The molecule has 5 nitrogen and oxygen atoms in total. The molecule has 3 aromatic rings. The van der Waals surface area contributed by atoms with E-state index in [1.807, 2.05) is 0 Å². The van der Waals surface area contributed by atoms with Crippen molar-refractivity contribution in [1.29, 1.82) is 0 Å². The van der Waals surface area contributed by atoms with E-state index in [2.05, 4.69) is 31.2 Å². The van der Waals surface area contributed by atoms with Crippen LogP contribution in [0.15, 0.2) is 29.1 Å². The highest BCUT2D eigenvalue weighted by Crippen LogP contribution is 2.42. The Balaban J connectivity index is 1.91. The fraction of sp³-hybridized carbons (Fsp3) is 0.400. The van der Waals surface area contributed by atoms with Crippen LogP contribution in [-0.4, -0.2) is 9.55 Å². The Morgan fingerprint density at radius 1 is 1.30 bits per heavy atom. The number of nitrogens with zero attached hydrogens (tertiary/aromatic N) is 2. The van der Waals surface area contributed by atoms with Crippen LogP contribution in [-0.2, 0) is 12.8 Å². The topological polar surface area (TPSA) is 72.9 Å². The van der Waals surface area contributed by atoms with Crippen LogP contribution >= 0.6 is 22.9 Å². The zero-order chi connectivity index (χ0) is 19.3. The predicted molar refractivity (Wildman–Crippen MR) is 113 cm³/mol. The molecule has 3 N–H and O–H groups in total. The third-order valence-electron chi connectivity index (χ3n) is 5.52. The van der Waals surface area contributed by atoms with E-state index in [1.54, 1.807) is 35.6 Å². The number of nitrogens with one attached hydrogen (secondary N) is 1. The minimum absolute atomic E-state index is 0.0815. The molecule has 7 heteroatoms. The van der Waals surface area contributed by atoms with Gasteiger partial charge in [-0.15, -0.1) is 11.3 Å². The summed E-state index contributed by atoms with van der Waals surface area (Å²) in [7, 11) is 0. The molecule has 0 radical (unpaired) electrons. The number of nitrogens with two attached hydrogens (primary N) is 1. The van der Waals surface area contributed by atoms with Gasteiger partial charge in [0.25, 0.3) is 5.56 Å². The Bertz CT molecular complexity index is 1060. The zero-order valence-electron chi connectivity index (χ0n) is 15.7. The van der Waals surface area contributed by atoms with Crippen LogP contribution in [0.2, 0.25) is 5.02 Å². The number of fused-ring (bicyclic) bond motifs is 3. The van der Waals surface area contributed by atoms with Crippen LogP contribution < -0.4 is 16.8 Å². The van der Waals surface area contributed by atoms with Crippen molar-refractivity contribution in [3.05, 3.63) is 50.1 Å². The Kier molecular flexibility index (Phi) is 4.53. The molecule has 1 aromatic carbocycles. The third-order valence-corrected chi connectivity index (χ3v) is 6.92. The first-order valence-electron chi connectivity index (χ1n) is 9.09. The average molecular weight is 403 g/mol. The number of thiophene rings is 1. The van der Waals surface area contributed by atoms with Crippen molar-refractivity contribution >= 4 is 39.1 Å². The number of aryl methyl sites for hydroxylation is 1. The lowest BCUT2D eigenvalue weighted by atomic mass is 9.72. The van der Waals surface area contributed by atoms with Crippen molar-refractivity contribution < 1.29 is 0 Å². The molecule has 2 heterocycles. The van der Waals surface area contributed by atoms with Crippen molar-refractivity contribution in [1.82, 2.24) is 9.55 Å². The molecule has 4 rings (SSSR count). The summed E-state index contributed by atoms with van der Waals surface area (Å²) in [5, 5.41) is 1.35. The summed E-state index contributed by atoms with van der Waals surface area (Å²) in [4.78, 5) is 20.1. The molecule has 0 fully saturated rings. The molecule has 0 bridgehead atoms. The molecule has 2 aromatic heterocycles. The maximum absolute atomic E-state index is 13.4. The highest BCUT2D eigenvalue weighted by Gasteiger charge is 2.32. The summed E-state index contributed by atoms with van der Waals surface area (Å²) < 4.78 is 1.53. The van der Waals surface area contributed by atoms with Crippen LogP contribution in [0.3, 0.4) is 0 Å². The molecule has 27 heavy (non-hydrogen) atoms. The molecule has 0 amide bonds. The molecular formula is C20H23ClN4OS. The molecule has 0 spiro atoms. The molecule has 0 saturated carbocycles. The number of rotatable bonds is 2. The van der Waals surface area contributed by atoms with E-state index in [4.69, 9.17) is 17.4 Å². The van der Waals surface area contributed by atoms with Crippen molar-refractivity contribution in [3.63, 3.8) is 0 Å². The molecule has 0 aliphatic heterocycles. The molecular weight excluding hydrogens is 380 g/mol. The molecule has 1 unspecified atom stereocenters. The van der Waals surface area contributed by atoms with Crippen molar-refractivity contribution in [2.45, 2.75) is 40.0 Å². The number of halogens is 1. The van der Waals surface area contributed by atoms with Crippen molar-refractivity contribution in [2.24, 2.45) is 17.2 Å². The third kappa shape index (κ3) is 3.16. The number of hydrogen-bond donors (Lipinski definition) is 2. The van der Waals surface area contributed by atoms with Gasteiger partial charge in [-0.05, 0) is 60.4 Å². The maximum Gasteiger partial charge on any atom is 0.268 e. The van der Waals surface area contributed by atoms with Gasteiger partial charge >= 0.3 is 0 Å². The molecule has 1 aliphatic rings. The fourth-order valence-corrected chi connectivity index (χ4v) is 5.31. The smallest absolute Gasteiger partial charge is 0.268 e.